The van der Waals surface area contributed by atoms with Crippen molar-refractivity contribution in [3.05, 3.63) is 23.7 Å². The molecule has 0 bridgehead atoms. The molecular formula is C10H14BrNO2. The Morgan fingerprint density at radius 1 is 1.57 bits per heavy atom. The van der Waals surface area contributed by atoms with Crippen molar-refractivity contribution in [3.63, 3.8) is 0 Å². The maximum atomic E-state index is 11.4. The predicted molar refractivity (Wildman–Crippen MR) is 58.8 cm³/mol. The first-order valence-electron chi connectivity index (χ1n) is 4.63. The number of alkyl halides is 1. The number of hydrogen-bond donors (Lipinski definition) is 1. The van der Waals surface area contributed by atoms with Crippen LogP contribution < -0.4 is 5.32 Å². The number of aryl methyl sites for hydroxylation is 1. The number of halogens is 1. The lowest BCUT2D eigenvalue weighted by Crippen LogP contribution is -2.23. The van der Waals surface area contributed by atoms with Gasteiger partial charge in [-0.1, -0.05) is 15.9 Å². The van der Waals surface area contributed by atoms with Crippen molar-refractivity contribution < 1.29 is 9.21 Å². The second-order valence-electron chi connectivity index (χ2n) is 3.10. The molecule has 0 spiro atoms. The fourth-order valence-electron chi connectivity index (χ4n) is 1.09. The summed E-state index contributed by atoms with van der Waals surface area (Å²) in [5, 5.41) is 3.81. The van der Waals surface area contributed by atoms with E-state index in [9.17, 15) is 4.79 Å². The Balaban J connectivity index is 2.29. The van der Waals surface area contributed by atoms with Crippen LogP contribution >= 0.6 is 15.9 Å². The Morgan fingerprint density at radius 2 is 2.36 bits per heavy atom. The van der Waals surface area contributed by atoms with Gasteiger partial charge in [0.2, 0.25) is 0 Å². The maximum Gasteiger partial charge on any atom is 0.254 e. The van der Waals surface area contributed by atoms with Gasteiger partial charge in [-0.25, -0.2) is 0 Å². The fourth-order valence-corrected chi connectivity index (χ4v) is 1.48. The number of unbranched alkanes of at least 4 members (excludes halogenated alkanes) is 1. The lowest BCUT2D eigenvalue weighted by Gasteiger charge is -2.01. The van der Waals surface area contributed by atoms with Crippen molar-refractivity contribution in [2.75, 3.05) is 11.9 Å². The van der Waals surface area contributed by atoms with Crippen LogP contribution in [-0.4, -0.2) is 17.8 Å². The molecule has 0 aromatic carbocycles. The first-order chi connectivity index (χ1) is 6.74. The molecule has 1 aromatic rings. The molecular weight excluding hydrogens is 246 g/mol. The fraction of sp³-hybridized carbons (Fsp3) is 0.500. The third kappa shape index (κ3) is 3.54. The van der Waals surface area contributed by atoms with Gasteiger partial charge in [-0.3, -0.25) is 4.79 Å². The zero-order chi connectivity index (χ0) is 10.4. The van der Waals surface area contributed by atoms with Gasteiger partial charge in [0.15, 0.2) is 0 Å². The standard InChI is InChI=1S/C10H14BrNO2/c1-8-6-9(7-14-8)10(13)12-5-3-2-4-11/h6-7H,2-5H2,1H3,(H,12,13). The SMILES string of the molecule is Cc1cc(C(=O)NCCCCBr)co1. The van der Waals surface area contributed by atoms with Gasteiger partial charge in [-0.2, -0.15) is 0 Å². The number of furan rings is 1. The van der Waals surface area contributed by atoms with E-state index in [1.807, 2.05) is 6.92 Å². The van der Waals surface area contributed by atoms with Gasteiger partial charge in [-0.05, 0) is 25.8 Å². The van der Waals surface area contributed by atoms with Crippen molar-refractivity contribution in [3.8, 4) is 0 Å². The summed E-state index contributed by atoms with van der Waals surface area (Å²) >= 11 is 3.34. The van der Waals surface area contributed by atoms with Gasteiger partial charge in [0.1, 0.15) is 12.0 Å². The van der Waals surface area contributed by atoms with Crippen LogP contribution in [0.4, 0.5) is 0 Å². The summed E-state index contributed by atoms with van der Waals surface area (Å²) in [6.45, 7) is 2.54. The second kappa shape index (κ2) is 5.86. The van der Waals surface area contributed by atoms with Gasteiger partial charge in [0, 0.05) is 11.9 Å². The van der Waals surface area contributed by atoms with Gasteiger partial charge >= 0.3 is 0 Å². The molecule has 4 heteroatoms. The molecule has 0 aliphatic carbocycles. The Bertz CT molecular complexity index is 296. The van der Waals surface area contributed by atoms with Crippen LogP contribution in [0.15, 0.2) is 16.7 Å². The largest absolute Gasteiger partial charge is 0.469 e. The lowest BCUT2D eigenvalue weighted by molar-refractivity contribution is 0.0952. The van der Waals surface area contributed by atoms with E-state index >= 15 is 0 Å². The number of rotatable bonds is 5. The number of hydrogen-bond acceptors (Lipinski definition) is 2. The molecule has 1 aromatic heterocycles. The van der Waals surface area contributed by atoms with Crippen molar-refractivity contribution >= 4 is 21.8 Å². The van der Waals surface area contributed by atoms with Crippen LogP contribution in [0.25, 0.3) is 0 Å². The Kier molecular flexibility index (Phi) is 4.73. The highest BCUT2D eigenvalue weighted by Gasteiger charge is 2.06. The van der Waals surface area contributed by atoms with Crippen LogP contribution in [-0.2, 0) is 0 Å². The highest BCUT2D eigenvalue weighted by atomic mass is 79.9. The van der Waals surface area contributed by atoms with Crippen LogP contribution in [0.2, 0.25) is 0 Å². The number of carbonyl (C=O) groups is 1. The molecule has 3 nitrogen and oxygen atoms in total. The molecule has 0 aliphatic rings. The predicted octanol–water partition coefficient (Wildman–Crippen LogP) is 2.49. The van der Waals surface area contributed by atoms with Crippen LogP contribution in [0.3, 0.4) is 0 Å². The molecule has 1 N–H and O–H groups in total. The molecule has 0 saturated carbocycles. The Hall–Kier alpha value is -0.770. The van der Waals surface area contributed by atoms with E-state index in [1.165, 1.54) is 6.26 Å². The summed E-state index contributed by atoms with van der Waals surface area (Å²) < 4.78 is 5.04. The minimum Gasteiger partial charge on any atom is -0.469 e. The quantitative estimate of drug-likeness (QED) is 0.652. The first kappa shape index (κ1) is 11.3. The molecule has 1 amide bonds. The molecule has 0 atom stereocenters. The minimum atomic E-state index is -0.0589. The molecule has 14 heavy (non-hydrogen) atoms. The Morgan fingerprint density at radius 3 is 2.93 bits per heavy atom. The molecule has 0 fully saturated rings. The molecule has 1 heterocycles. The third-order valence-corrected chi connectivity index (χ3v) is 2.40. The summed E-state index contributed by atoms with van der Waals surface area (Å²) in [6, 6.07) is 1.74. The molecule has 0 unspecified atom stereocenters. The van der Waals surface area contributed by atoms with E-state index in [2.05, 4.69) is 21.2 Å². The van der Waals surface area contributed by atoms with Gasteiger partial charge < -0.3 is 9.73 Å². The highest BCUT2D eigenvalue weighted by molar-refractivity contribution is 9.09. The van der Waals surface area contributed by atoms with Crippen LogP contribution in [0, 0.1) is 6.92 Å². The molecule has 1 rings (SSSR count). The summed E-state index contributed by atoms with van der Waals surface area (Å²) in [5.74, 6) is 0.701. The van der Waals surface area contributed by atoms with Crippen molar-refractivity contribution in [2.45, 2.75) is 19.8 Å². The second-order valence-corrected chi connectivity index (χ2v) is 3.89. The van der Waals surface area contributed by atoms with E-state index in [1.54, 1.807) is 6.07 Å². The summed E-state index contributed by atoms with van der Waals surface area (Å²) in [7, 11) is 0. The minimum absolute atomic E-state index is 0.0589. The molecule has 78 valence electrons. The average Bonchev–Trinajstić information content (AvgIpc) is 2.59. The topological polar surface area (TPSA) is 42.2 Å². The summed E-state index contributed by atoms with van der Waals surface area (Å²) in [5.41, 5.74) is 0.598. The van der Waals surface area contributed by atoms with E-state index in [-0.39, 0.29) is 5.91 Å². The van der Waals surface area contributed by atoms with Gasteiger partial charge in [0.05, 0.1) is 5.56 Å². The smallest absolute Gasteiger partial charge is 0.254 e. The summed E-state index contributed by atoms with van der Waals surface area (Å²) in [4.78, 5) is 11.4. The lowest BCUT2D eigenvalue weighted by atomic mass is 10.3. The van der Waals surface area contributed by atoms with Crippen molar-refractivity contribution in [1.29, 1.82) is 0 Å². The molecule has 0 radical (unpaired) electrons. The van der Waals surface area contributed by atoms with Crippen molar-refractivity contribution in [1.82, 2.24) is 5.32 Å². The van der Waals surface area contributed by atoms with Crippen LogP contribution in [0.1, 0.15) is 29.0 Å². The normalized spacial score (nSPS) is 10.1. The number of amides is 1. The number of nitrogens with one attached hydrogen (secondary N) is 1. The van der Waals surface area contributed by atoms with Crippen molar-refractivity contribution in [2.24, 2.45) is 0 Å². The van der Waals surface area contributed by atoms with E-state index in [0.717, 1.165) is 23.9 Å². The van der Waals surface area contributed by atoms with E-state index in [0.29, 0.717) is 12.1 Å². The average molecular weight is 260 g/mol. The highest BCUT2D eigenvalue weighted by Crippen LogP contribution is 2.05. The summed E-state index contributed by atoms with van der Waals surface area (Å²) in [6.07, 6.45) is 3.55. The van der Waals surface area contributed by atoms with Gasteiger partial charge in [-0.15, -0.1) is 0 Å². The maximum absolute atomic E-state index is 11.4. The molecule has 0 aliphatic heterocycles. The molecule has 0 saturated heterocycles. The number of carbonyl (C=O) groups excluding carboxylic acids is 1. The van der Waals surface area contributed by atoms with E-state index < -0.39 is 0 Å². The van der Waals surface area contributed by atoms with E-state index in [4.69, 9.17) is 4.42 Å². The monoisotopic (exact) mass is 259 g/mol. The Labute approximate surface area is 92.0 Å². The van der Waals surface area contributed by atoms with Crippen LogP contribution in [0.5, 0.6) is 0 Å². The van der Waals surface area contributed by atoms with Gasteiger partial charge in [0.25, 0.3) is 5.91 Å². The third-order valence-electron chi connectivity index (χ3n) is 1.84. The zero-order valence-corrected chi connectivity index (χ0v) is 9.76. The zero-order valence-electron chi connectivity index (χ0n) is 8.18. The first-order valence-corrected chi connectivity index (χ1v) is 5.75.